The molecule has 9 heteroatoms. The fourth-order valence-corrected chi connectivity index (χ4v) is 3.41. The minimum Gasteiger partial charge on any atom is -0.482 e. The van der Waals surface area contributed by atoms with Gasteiger partial charge in [-0.15, -0.1) is 0 Å². The Hall–Kier alpha value is -4.32. The number of nitro benzene ring substituents is 1. The van der Waals surface area contributed by atoms with Crippen molar-refractivity contribution in [2.45, 2.75) is 26.4 Å². The van der Waals surface area contributed by atoms with Gasteiger partial charge in [0.25, 0.3) is 0 Å². The fraction of sp³-hybridized carbons (Fsp3) is 0.217. The third kappa shape index (κ3) is 4.39. The number of rotatable bonds is 6. The van der Waals surface area contributed by atoms with Crippen LogP contribution >= 0.6 is 0 Å². The highest BCUT2D eigenvalue weighted by Gasteiger charge is 2.37. The van der Waals surface area contributed by atoms with Crippen molar-refractivity contribution < 1.29 is 23.9 Å². The molecule has 0 saturated carbocycles. The third-order valence-electron chi connectivity index (χ3n) is 5.04. The summed E-state index contributed by atoms with van der Waals surface area (Å²) in [6.45, 7) is 3.61. The van der Waals surface area contributed by atoms with E-state index < -0.39 is 16.8 Å². The van der Waals surface area contributed by atoms with E-state index in [0.717, 1.165) is 11.1 Å². The van der Waals surface area contributed by atoms with Gasteiger partial charge in [0.2, 0.25) is 5.88 Å². The van der Waals surface area contributed by atoms with Crippen LogP contribution in [0.25, 0.3) is 0 Å². The number of hydrogen-bond acceptors (Lipinski definition) is 8. The molecule has 3 rings (SSSR count). The van der Waals surface area contributed by atoms with Crippen LogP contribution in [0.15, 0.2) is 65.3 Å². The van der Waals surface area contributed by atoms with Gasteiger partial charge in [-0.1, -0.05) is 35.9 Å². The average Bonchev–Trinajstić information content (AvgIpc) is 2.77. The number of aryl methyl sites for hydroxylation is 1. The molecule has 2 aromatic rings. The van der Waals surface area contributed by atoms with E-state index in [4.69, 9.17) is 19.9 Å². The average molecular weight is 435 g/mol. The zero-order chi connectivity index (χ0) is 23.4. The first-order chi connectivity index (χ1) is 15.3. The molecule has 1 atom stereocenters. The third-order valence-corrected chi connectivity index (χ3v) is 5.04. The number of hydrogen-bond donors (Lipinski definition) is 1. The number of carbonyl (C=O) groups excluding carboxylic acids is 1. The SMILES string of the molecule is COC(=O)C1=C(C)OC(N)=C(C#N)C1c1ccc(OCc2ccc(C)cc2)c([N+](=O)[O-])c1. The van der Waals surface area contributed by atoms with Gasteiger partial charge in [0, 0.05) is 6.07 Å². The van der Waals surface area contributed by atoms with Crippen molar-refractivity contribution in [3.05, 3.63) is 92.1 Å². The number of methoxy groups -OCH3 is 1. The van der Waals surface area contributed by atoms with Gasteiger partial charge in [-0.2, -0.15) is 5.26 Å². The monoisotopic (exact) mass is 435 g/mol. The van der Waals surface area contributed by atoms with Gasteiger partial charge < -0.3 is 19.9 Å². The van der Waals surface area contributed by atoms with E-state index in [1.54, 1.807) is 6.07 Å². The number of carbonyl (C=O) groups is 1. The molecular formula is C23H21N3O6. The Morgan fingerprint density at radius 2 is 1.94 bits per heavy atom. The molecular weight excluding hydrogens is 414 g/mol. The van der Waals surface area contributed by atoms with E-state index in [2.05, 4.69) is 0 Å². The lowest BCUT2D eigenvalue weighted by Gasteiger charge is -2.26. The van der Waals surface area contributed by atoms with Crippen molar-refractivity contribution >= 4 is 11.7 Å². The summed E-state index contributed by atoms with van der Waals surface area (Å²) in [5.41, 5.74) is 7.80. The van der Waals surface area contributed by atoms with Crippen LogP contribution in [-0.2, 0) is 20.9 Å². The van der Waals surface area contributed by atoms with E-state index >= 15 is 0 Å². The second-order valence-electron chi connectivity index (χ2n) is 7.14. The predicted molar refractivity (Wildman–Crippen MR) is 114 cm³/mol. The van der Waals surface area contributed by atoms with Crippen LogP contribution in [0.1, 0.15) is 29.5 Å². The molecule has 1 aliphatic rings. The second kappa shape index (κ2) is 9.22. The summed E-state index contributed by atoms with van der Waals surface area (Å²) in [5, 5.41) is 21.4. The quantitative estimate of drug-likeness (QED) is 0.411. The summed E-state index contributed by atoms with van der Waals surface area (Å²) in [6.07, 6.45) is 0. The smallest absolute Gasteiger partial charge is 0.338 e. The van der Waals surface area contributed by atoms with Crippen LogP contribution in [-0.4, -0.2) is 18.0 Å². The van der Waals surface area contributed by atoms with Gasteiger partial charge in [0.15, 0.2) is 5.75 Å². The highest BCUT2D eigenvalue weighted by molar-refractivity contribution is 5.92. The number of esters is 1. The zero-order valence-electron chi connectivity index (χ0n) is 17.7. The van der Waals surface area contributed by atoms with E-state index in [9.17, 15) is 20.2 Å². The maximum atomic E-state index is 12.4. The Kier molecular flexibility index (Phi) is 6.45. The molecule has 1 aliphatic heterocycles. The highest BCUT2D eigenvalue weighted by atomic mass is 16.6. The maximum absolute atomic E-state index is 12.4. The second-order valence-corrected chi connectivity index (χ2v) is 7.14. The van der Waals surface area contributed by atoms with Gasteiger partial charge in [-0.05, 0) is 31.0 Å². The number of benzene rings is 2. The van der Waals surface area contributed by atoms with Crippen LogP contribution in [0.3, 0.4) is 0 Å². The van der Waals surface area contributed by atoms with E-state index in [1.165, 1.54) is 26.2 Å². The van der Waals surface area contributed by atoms with E-state index in [1.807, 2.05) is 37.3 Å². The van der Waals surface area contributed by atoms with Crippen molar-refractivity contribution in [1.29, 1.82) is 5.26 Å². The molecule has 2 aromatic carbocycles. The maximum Gasteiger partial charge on any atom is 0.338 e. The molecule has 2 N–H and O–H groups in total. The van der Waals surface area contributed by atoms with Gasteiger partial charge in [-0.3, -0.25) is 10.1 Å². The largest absolute Gasteiger partial charge is 0.482 e. The summed E-state index contributed by atoms with van der Waals surface area (Å²) >= 11 is 0. The molecule has 0 aliphatic carbocycles. The first kappa shape index (κ1) is 22.4. The van der Waals surface area contributed by atoms with Crippen molar-refractivity contribution in [3.63, 3.8) is 0 Å². The first-order valence-corrected chi connectivity index (χ1v) is 9.60. The molecule has 0 amide bonds. The Morgan fingerprint density at radius 1 is 1.25 bits per heavy atom. The summed E-state index contributed by atoms with van der Waals surface area (Å²) in [4.78, 5) is 23.6. The van der Waals surface area contributed by atoms with Crippen molar-refractivity contribution in [2.24, 2.45) is 5.73 Å². The molecule has 0 saturated heterocycles. The van der Waals surface area contributed by atoms with Gasteiger partial charge in [-0.25, -0.2) is 4.79 Å². The van der Waals surface area contributed by atoms with Crippen LogP contribution < -0.4 is 10.5 Å². The lowest BCUT2D eigenvalue weighted by molar-refractivity contribution is -0.386. The van der Waals surface area contributed by atoms with E-state index in [-0.39, 0.29) is 40.8 Å². The summed E-state index contributed by atoms with van der Waals surface area (Å²) < 4.78 is 15.8. The van der Waals surface area contributed by atoms with Crippen molar-refractivity contribution in [2.75, 3.05) is 7.11 Å². The molecule has 1 heterocycles. The number of nitro groups is 1. The van der Waals surface area contributed by atoms with Crippen LogP contribution in [0, 0.1) is 28.4 Å². The lowest BCUT2D eigenvalue weighted by Crippen LogP contribution is -2.25. The lowest BCUT2D eigenvalue weighted by atomic mass is 9.83. The van der Waals surface area contributed by atoms with Crippen LogP contribution in [0.5, 0.6) is 5.75 Å². The molecule has 1 unspecified atom stereocenters. The number of ether oxygens (including phenoxy) is 3. The normalized spacial score (nSPS) is 15.6. The minimum absolute atomic E-state index is 0.0425. The van der Waals surface area contributed by atoms with E-state index in [0.29, 0.717) is 5.56 Å². The van der Waals surface area contributed by atoms with Crippen molar-refractivity contribution in [3.8, 4) is 11.8 Å². The molecule has 0 radical (unpaired) electrons. The van der Waals surface area contributed by atoms with Crippen molar-refractivity contribution in [1.82, 2.24) is 0 Å². The number of nitriles is 1. The van der Waals surface area contributed by atoms with Gasteiger partial charge >= 0.3 is 11.7 Å². The highest BCUT2D eigenvalue weighted by Crippen LogP contribution is 2.42. The Balaban J connectivity index is 2.03. The summed E-state index contributed by atoms with van der Waals surface area (Å²) in [6, 6.07) is 13.8. The fourth-order valence-electron chi connectivity index (χ4n) is 3.41. The topological polar surface area (TPSA) is 138 Å². The Morgan fingerprint density at radius 3 is 2.53 bits per heavy atom. The molecule has 0 fully saturated rings. The molecule has 0 aromatic heterocycles. The molecule has 32 heavy (non-hydrogen) atoms. The van der Waals surface area contributed by atoms with Gasteiger partial charge in [0.1, 0.15) is 24.0 Å². The van der Waals surface area contributed by atoms with Crippen LogP contribution in [0.2, 0.25) is 0 Å². The Bertz CT molecular complexity index is 1180. The minimum atomic E-state index is -0.981. The molecule has 0 spiro atoms. The van der Waals surface area contributed by atoms with Gasteiger partial charge in [0.05, 0.1) is 23.5 Å². The first-order valence-electron chi connectivity index (χ1n) is 9.60. The summed E-state index contributed by atoms with van der Waals surface area (Å²) in [5.74, 6) is -1.67. The number of nitrogens with two attached hydrogens (primary N) is 1. The zero-order valence-corrected chi connectivity index (χ0v) is 17.7. The van der Waals surface area contributed by atoms with Crippen LogP contribution in [0.4, 0.5) is 5.69 Å². The molecule has 9 nitrogen and oxygen atoms in total. The summed E-state index contributed by atoms with van der Waals surface area (Å²) in [7, 11) is 1.19. The standard InChI is InChI=1S/C23H21N3O6/c1-13-4-6-15(7-5-13)12-31-19-9-8-16(10-18(19)26(28)29)21-17(11-24)22(25)32-14(2)20(21)23(27)30-3/h4-10,21H,12,25H2,1-3H3. The Labute approximate surface area is 184 Å². The molecule has 0 bridgehead atoms. The number of nitrogens with zero attached hydrogens (tertiary/aromatic N) is 2. The number of allylic oxidation sites excluding steroid dienone is 2. The molecule has 164 valence electrons. The predicted octanol–water partition coefficient (Wildman–Crippen LogP) is 3.74.